The van der Waals surface area contributed by atoms with Crippen LogP contribution in [0.3, 0.4) is 0 Å². The first-order chi connectivity index (χ1) is 23.0. The van der Waals surface area contributed by atoms with Crippen LogP contribution in [0.2, 0.25) is 0 Å². The Morgan fingerprint density at radius 3 is 1.50 bits per heavy atom. The molecule has 0 saturated heterocycles. The van der Waals surface area contributed by atoms with Gasteiger partial charge in [-0.1, -0.05) is 73.8 Å². The largest absolute Gasteiger partial charge is 0.464 e. The number of ketones is 2. The molecule has 0 atom stereocenters. The van der Waals surface area contributed by atoms with Crippen molar-refractivity contribution in [3.8, 4) is 0 Å². The third-order valence-electron chi connectivity index (χ3n) is 5.84. The molecule has 0 saturated carbocycles. The average molecular weight is 776 g/mol. The van der Waals surface area contributed by atoms with E-state index in [4.69, 9.17) is 19.0 Å². The summed E-state index contributed by atoms with van der Waals surface area (Å²) in [5, 5.41) is 0. The molecule has 0 aliphatic rings. The van der Waals surface area contributed by atoms with Crippen molar-refractivity contribution in [3.63, 3.8) is 0 Å². The maximum atomic E-state index is 12.9. The van der Waals surface area contributed by atoms with E-state index in [2.05, 4.69) is 37.7 Å². The first-order valence-electron chi connectivity index (χ1n) is 14.7. The highest BCUT2D eigenvalue weighted by Crippen LogP contribution is 2.04. The number of carbonyl (C=O) groups is 6. The summed E-state index contributed by atoms with van der Waals surface area (Å²) in [5.74, 6) is -5.02. The first-order valence-corrected chi connectivity index (χ1v) is 14.7. The van der Waals surface area contributed by atoms with Gasteiger partial charge < -0.3 is 23.9 Å². The molecule has 0 aromatic carbocycles. The Morgan fingerprint density at radius 1 is 0.537 bits per heavy atom. The molecule has 1 aromatic rings. The van der Waals surface area contributed by atoms with E-state index in [9.17, 15) is 43.2 Å². The number of esters is 3. The maximum Gasteiger partial charge on any atom is 0.404 e. The lowest BCUT2D eigenvalue weighted by Gasteiger charge is -2.13. The molecule has 0 aliphatic carbocycles. The van der Waals surface area contributed by atoms with Gasteiger partial charge in [0.15, 0.2) is 0 Å². The van der Waals surface area contributed by atoms with Gasteiger partial charge in [0.2, 0.25) is 0 Å². The Labute approximate surface area is 319 Å². The molecule has 0 unspecified atom stereocenters. The lowest BCUT2D eigenvalue weighted by Crippen LogP contribution is -2.59. The Morgan fingerprint density at radius 2 is 1.02 bits per heavy atom. The summed E-state index contributed by atoms with van der Waals surface area (Å²) in [7, 11) is 0. The highest BCUT2D eigenvalue weighted by Gasteiger charge is 2.22. The van der Waals surface area contributed by atoms with Crippen LogP contribution in [0, 0.1) is 0 Å². The summed E-state index contributed by atoms with van der Waals surface area (Å²) in [6, 6.07) is 0. The van der Waals surface area contributed by atoms with Gasteiger partial charge in [-0.15, -0.1) is 13.2 Å². The van der Waals surface area contributed by atoms with Crippen molar-refractivity contribution in [3.05, 3.63) is 82.6 Å². The number of hydrogen-bond donors (Lipinski definition) is 0. The van der Waals surface area contributed by atoms with E-state index in [1.165, 1.54) is 0 Å². The standard InChI is InChI=1S/C29H37N3O14.C2H4.6CH4/c1-4-22(34)26(38)46-32-28(40)30(16-20-44-25(37)14-10-8-12-18-43-24(36)6-3)27(39)31(29(32)41)45-19-15-21(33)13-9-7-11-17-42-23(35)5-2;1-2;;;;;;/h4-6H,1-3,7-20H2;1-2H2;6*1H4. The Bertz CT molecular complexity index is 1400. The predicted molar refractivity (Wildman–Crippen MR) is 209 cm³/mol. The SMILES string of the molecule is C.C.C.C.C.C.C=C.C=CC(=O)OCCCCCC(=O)CCOn1c(=O)n(CCOC(=O)CCCCCOC(=O)C=C)c(=O)n(OC(=O)C(=O)C=C)c1=O. The Hall–Kier alpha value is -5.61. The number of nitrogens with zero attached hydrogens (tertiary/aromatic N) is 3. The van der Waals surface area contributed by atoms with Gasteiger partial charge in [-0.2, -0.15) is 0 Å². The molecule has 0 aliphatic heterocycles. The first kappa shape index (κ1) is 63.4. The summed E-state index contributed by atoms with van der Waals surface area (Å²) in [6.07, 6.45) is 5.53. The second kappa shape index (κ2) is 37.2. The van der Waals surface area contributed by atoms with Crippen molar-refractivity contribution >= 4 is 35.4 Å². The quantitative estimate of drug-likeness (QED) is 0.0362. The van der Waals surface area contributed by atoms with Crippen LogP contribution in [0.5, 0.6) is 0 Å². The van der Waals surface area contributed by atoms with Gasteiger partial charge in [0, 0.05) is 31.4 Å². The molecular weight excluding hydrogens is 710 g/mol. The van der Waals surface area contributed by atoms with Crippen molar-refractivity contribution in [1.82, 2.24) is 14.0 Å². The minimum absolute atomic E-state index is 0. The molecule has 0 bridgehead atoms. The number of Topliss-reactive ketones (excluding diaryl/α,β-unsaturated/α-hetero) is 1. The third kappa shape index (κ3) is 24.6. The van der Waals surface area contributed by atoms with E-state index in [1.807, 2.05) is 0 Å². The molecule has 0 fully saturated rings. The Balaban J connectivity index is -0.000000542. The van der Waals surface area contributed by atoms with Crippen molar-refractivity contribution in [2.75, 3.05) is 26.4 Å². The molecule has 1 heterocycles. The maximum absolute atomic E-state index is 12.9. The van der Waals surface area contributed by atoms with Crippen LogP contribution in [0.25, 0.3) is 0 Å². The normalized spacial score (nSPS) is 8.81. The zero-order valence-corrected chi connectivity index (χ0v) is 26.7. The molecule has 17 heteroatoms. The van der Waals surface area contributed by atoms with Crippen LogP contribution in [-0.4, -0.2) is 75.9 Å². The van der Waals surface area contributed by atoms with E-state index in [0.29, 0.717) is 49.2 Å². The summed E-state index contributed by atoms with van der Waals surface area (Å²) < 4.78 is 14.9. The van der Waals surface area contributed by atoms with E-state index >= 15 is 0 Å². The number of unbranched alkanes of at least 4 members (excludes halogenated alkanes) is 4. The molecule has 1 rings (SSSR count). The van der Waals surface area contributed by atoms with Crippen LogP contribution in [0.1, 0.15) is 102 Å². The zero-order chi connectivity index (χ0) is 36.5. The fraction of sp³-hybridized carbons (Fsp3) is 0.541. The summed E-state index contributed by atoms with van der Waals surface area (Å²) in [4.78, 5) is 118. The second-order valence-corrected chi connectivity index (χ2v) is 9.24. The minimum Gasteiger partial charge on any atom is -0.464 e. The minimum atomic E-state index is -1.66. The highest BCUT2D eigenvalue weighted by atomic mass is 16.7. The van der Waals surface area contributed by atoms with Crippen LogP contribution in [-0.2, 0) is 49.5 Å². The molecule has 0 amide bonds. The lowest BCUT2D eigenvalue weighted by molar-refractivity contribution is -0.153. The van der Waals surface area contributed by atoms with Gasteiger partial charge in [-0.3, -0.25) is 14.4 Å². The Kier molecular flexibility index (Phi) is 43.6. The summed E-state index contributed by atoms with van der Waals surface area (Å²) >= 11 is 0. The van der Waals surface area contributed by atoms with E-state index in [-0.39, 0.29) is 92.3 Å². The van der Waals surface area contributed by atoms with E-state index < -0.39 is 66.5 Å². The molecule has 312 valence electrons. The van der Waals surface area contributed by atoms with Gasteiger partial charge in [-0.25, -0.2) is 33.3 Å². The van der Waals surface area contributed by atoms with Gasteiger partial charge >= 0.3 is 40.9 Å². The molecule has 1 aromatic heterocycles. The molecule has 17 nitrogen and oxygen atoms in total. The van der Waals surface area contributed by atoms with E-state index in [1.54, 1.807) is 0 Å². The van der Waals surface area contributed by atoms with Gasteiger partial charge in [0.05, 0.1) is 19.8 Å². The van der Waals surface area contributed by atoms with Crippen molar-refractivity contribution in [1.29, 1.82) is 0 Å². The fourth-order valence-corrected chi connectivity index (χ4v) is 3.45. The average Bonchev–Trinajstić information content (AvgIpc) is 3.09. The number of aromatic nitrogens is 3. The number of rotatable bonds is 24. The molecule has 0 N–H and O–H groups in total. The predicted octanol–water partition coefficient (Wildman–Crippen LogP) is 4.01. The van der Waals surface area contributed by atoms with Crippen molar-refractivity contribution in [2.45, 2.75) is 109 Å². The van der Waals surface area contributed by atoms with Gasteiger partial charge in [0.1, 0.15) is 19.0 Å². The number of ether oxygens (including phenoxy) is 3. The number of hydrogen-bond acceptors (Lipinski definition) is 14. The van der Waals surface area contributed by atoms with Crippen molar-refractivity contribution in [2.24, 2.45) is 0 Å². The summed E-state index contributed by atoms with van der Waals surface area (Å²) in [6.45, 7) is 14.4. The zero-order valence-electron chi connectivity index (χ0n) is 26.7. The monoisotopic (exact) mass is 775 g/mol. The van der Waals surface area contributed by atoms with Gasteiger partial charge in [-0.05, 0) is 44.6 Å². The fourth-order valence-electron chi connectivity index (χ4n) is 3.45. The molecular formula is C37H65N3O14. The van der Waals surface area contributed by atoms with Crippen molar-refractivity contribution < 1.29 is 52.7 Å². The highest BCUT2D eigenvalue weighted by molar-refractivity contribution is 6.38. The summed E-state index contributed by atoms with van der Waals surface area (Å²) in [5.41, 5.74) is -4.38. The van der Waals surface area contributed by atoms with Crippen LogP contribution < -0.4 is 26.7 Å². The third-order valence-corrected chi connectivity index (χ3v) is 5.84. The molecule has 0 radical (unpaired) electrons. The van der Waals surface area contributed by atoms with Crippen LogP contribution >= 0.6 is 0 Å². The lowest BCUT2D eigenvalue weighted by atomic mass is 10.1. The molecule has 0 spiro atoms. The molecule has 54 heavy (non-hydrogen) atoms. The topological polar surface area (TPSA) is 215 Å². The second-order valence-electron chi connectivity index (χ2n) is 9.24. The van der Waals surface area contributed by atoms with E-state index in [0.717, 1.165) is 12.2 Å². The smallest absolute Gasteiger partial charge is 0.404 e. The van der Waals surface area contributed by atoms with Crippen LogP contribution in [0.4, 0.5) is 0 Å². The van der Waals surface area contributed by atoms with Crippen LogP contribution in [0.15, 0.2) is 65.5 Å². The number of carbonyl (C=O) groups excluding carboxylic acids is 6. The van der Waals surface area contributed by atoms with Gasteiger partial charge in [0.25, 0.3) is 5.78 Å².